The number of nitro benzene ring substituents is 1. The molecule has 1 amide bonds. The maximum Gasteiger partial charge on any atom is 0.271 e. The van der Waals surface area contributed by atoms with Gasteiger partial charge in [-0.1, -0.05) is 30.3 Å². The first kappa shape index (κ1) is 18.8. The quantitative estimate of drug-likeness (QED) is 0.381. The van der Waals surface area contributed by atoms with E-state index in [0.29, 0.717) is 11.8 Å². The molecule has 0 saturated heterocycles. The van der Waals surface area contributed by atoms with Crippen molar-refractivity contribution in [3.63, 3.8) is 0 Å². The molecular weight excluding hydrogens is 364 g/mol. The number of fused-ring (bicyclic) bond motifs is 1. The summed E-state index contributed by atoms with van der Waals surface area (Å²) >= 11 is 0. The van der Waals surface area contributed by atoms with E-state index in [1.54, 1.807) is 24.3 Å². The Morgan fingerprint density at radius 1 is 1.14 bits per heavy atom. The molecule has 1 N–H and O–H groups in total. The van der Waals surface area contributed by atoms with E-state index >= 15 is 0 Å². The van der Waals surface area contributed by atoms with Crippen molar-refractivity contribution >= 4 is 34.3 Å². The Kier molecular flexibility index (Phi) is 5.50. The summed E-state index contributed by atoms with van der Waals surface area (Å²) in [5.41, 5.74) is 0.313. The lowest BCUT2D eigenvalue weighted by Crippen LogP contribution is -2.21. The smallest absolute Gasteiger partial charge is 0.271 e. The van der Waals surface area contributed by atoms with Crippen LogP contribution in [0.5, 0.6) is 11.5 Å². The van der Waals surface area contributed by atoms with E-state index in [2.05, 4.69) is 5.32 Å². The third-order valence-electron chi connectivity index (χ3n) is 4.08. The molecule has 0 bridgehead atoms. The highest BCUT2D eigenvalue weighted by Gasteiger charge is 2.15. The van der Waals surface area contributed by atoms with E-state index in [4.69, 9.17) is 9.47 Å². The normalized spacial score (nSPS) is 10.3. The molecule has 0 aliphatic carbocycles. The summed E-state index contributed by atoms with van der Waals surface area (Å²) < 4.78 is 10.6. The van der Waals surface area contributed by atoms with Crippen LogP contribution in [0.25, 0.3) is 10.8 Å². The zero-order valence-electron chi connectivity index (χ0n) is 14.9. The average molecular weight is 380 g/mol. The molecule has 142 valence electrons. The van der Waals surface area contributed by atoms with Crippen molar-refractivity contribution in [2.75, 3.05) is 19.0 Å². The maximum atomic E-state index is 12.2. The lowest BCUT2D eigenvalue weighted by atomic mass is 10.0. The van der Waals surface area contributed by atoms with Crippen LogP contribution in [-0.4, -0.2) is 30.8 Å². The van der Waals surface area contributed by atoms with Crippen molar-refractivity contribution in [1.29, 1.82) is 0 Å². The second-order valence-corrected chi connectivity index (χ2v) is 5.79. The number of ether oxygens (including phenoxy) is 2. The first-order chi connectivity index (χ1) is 13.5. The van der Waals surface area contributed by atoms with Crippen LogP contribution >= 0.6 is 0 Å². The van der Waals surface area contributed by atoms with Crippen LogP contribution in [0.2, 0.25) is 0 Å². The maximum absolute atomic E-state index is 12.2. The molecule has 0 radical (unpaired) electrons. The number of rotatable bonds is 7. The second kappa shape index (κ2) is 8.17. The van der Waals surface area contributed by atoms with Crippen LogP contribution in [-0.2, 0) is 4.79 Å². The van der Waals surface area contributed by atoms with Gasteiger partial charge in [-0.25, -0.2) is 0 Å². The molecule has 0 saturated carbocycles. The highest BCUT2D eigenvalue weighted by atomic mass is 16.6. The summed E-state index contributed by atoms with van der Waals surface area (Å²) in [6, 6.07) is 14.6. The van der Waals surface area contributed by atoms with Gasteiger partial charge in [0, 0.05) is 12.1 Å². The zero-order chi connectivity index (χ0) is 20.1. The Hall–Kier alpha value is -3.94. The van der Waals surface area contributed by atoms with Gasteiger partial charge in [-0.05, 0) is 22.9 Å². The summed E-state index contributed by atoms with van der Waals surface area (Å²) in [7, 11) is 1.39. The molecule has 0 fully saturated rings. The van der Waals surface area contributed by atoms with Gasteiger partial charge in [0.2, 0.25) is 0 Å². The minimum atomic E-state index is -0.572. The second-order valence-electron chi connectivity index (χ2n) is 5.79. The Labute approximate surface area is 159 Å². The number of hydrogen-bond donors (Lipinski definition) is 1. The van der Waals surface area contributed by atoms with Gasteiger partial charge in [-0.3, -0.25) is 19.7 Å². The number of nitro groups is 1. The number of methoxy groups -OCH3 is 1. The monoisotopic (exact) mass is 380 g/mol. The summed E-state index contributed by atoms with van der Waals surface area (Å²) in [5.74, 6) is -0.00287. The van der Waals surface area contributed by atoms with Crippen molar-refractivity contribution in [2.45, 2.75) is 0 Å². The van der Waals surface area contributed by atoms with Crippen molar-refractivity contribution in [1.82, 2.24) is 0 Å². The van der Waals surface area contributed by atoms with Gasteiger partial charge in [0.05, 0.1) is 23.3 Å². The molecule has 28 heavy (non-hydrogen) atoms. The molecule has 0 atom stereocenters. The summed E-state index contributed by atoms with van der Waals surface area (Å²) in [6.45, 7) is -0.384. The number of aldehydes is 1. The third-order valence-corrected chi connectivity index (χ3v) is 4.08. The Bertz CT molecular complexity index is 1060. The zero-order valence-corrected chi connectivity index (χ0v) is 14.9. The van der Waals surface area contributed by atoms with Gasteiger partial charge in [-0.15, -0.1) is 0 Å². The van der Waals surface area contributed by atoms with Gasteiger partial charge >= 0.3 is 0 Å². The molecule has 3 rings (SSSR count). The van der Waals surface area contributed by atoms with Crippen molar-refractivity contribution < 1.29 is 24.0 Å². The van der Waals surface area contributed by atoms with E-state index < -0.39 is 10.8 Å². The van der Waals surface area contributed by atoms with Crippen LogP contribution < -0.4 is 14.8 Å². The highest BCUT2D eigenvalue weighted by molar-refractivity contribution is 6.01. The SMILES string of the molecule is COc1ccc([N+](=O)[O-])cc1NC(=O)COc1ccc2ccccc2c1C=O. The minimum Gasteiger partial charge on any atom is -0.495 e. The number of amides is 1. The van der Waals surface area contributed by atoms with Crippen molar-refractivity contribution in [2.24, 2.45) is 0 Å². The van der Waals surface area contributed by atoms with Crippen molar-refractivity contribution in [3.05, 3.63) is 70.3 Å². The predicted molar refractivity (Wildman–Crippen MR) is 103 cm³/mol. The lowest BCUT2D eigenvalue weighted by molar-refractivity contribution is -0.384. The minimum absolute atomic E-state index is 0.152. The number of non-ortho nitro benzene ring substituents is 1. The van der Waals surface area contributed by atoms with Crippen LogP contribution in [0.3, 0.4) is 0 Å². The summed E-state index contributed by atoms with van der Waals surface area (Å²) in [5, 5.41) is 15.0. The van der Waals surface area contributed by atoms with Gasteiger partial charge in [0.15, 0.2) is 12.9 Å². The molecule has 8 heteroatoms. The fraction of sp³-hybridized carbons (Fsp3) is 0.100. The number of carbonyl (C=O) groups is 2. The van der Waals surface area contributed by atoms with Crippen LogP contribution in [0.4, 0.5) is 11.4 Å². The molecule has 0 aromatic heterocycles. The highest BCUT2D eigenvalue weighted by Crippen LogP contribution is 2.29. The van der Waals surface area contributed by atoms with Crippen molar-refractivity contribution in [3.8, 4) is 11.5 Å². The Balaban J connectivity index is 1.76. The van der Waals surface area contributed by atoms with E-state index in [9.17, 15) is 19.7 Å². The van der Waals surface area contributed by atoms with Crippen LogP contribution in [0, 0.1) is 10.1 Å². The summed E-state index contributed by atoms with van der Waals surface area (Å²) in [4.78, 5) is 34.1. The Morgan fingerprint density at radius 3 is 2.61 bits per heavy atom. The average Bonchev–Trinajstić information content (AvgIpc) is 2.71. The molecule has 0 spiro atoms. The fourth-order valence-corrected chi connectivity index (χ4v) is 2.76. The van der Waals surface area contributed by atoms with Gasteiger partial charge < -0.3 is 14.8 Å². The molecule has 0 aliphatic heterocycles. The fourth-order valence-electron chi connectivity index (χ4n) is 2.76. The third kappa shape index (κ3) is 3.90. The molecule has 0 aliphatic rings. The number of carbonyl (C=O) groups excluding carboxylic acids is 2. The van der Waals surface area contributed by atoms with E-state index in [1.165, 1.54) is 25.3 Å². The van der Waals surface area contributed by atoms with Crippen LogP contribution in [0.1, 0.15) is 10.4 Å². The first-order valence-corrected chi connectivity index (χ1v) is 8.25. The Morgan fingerprint density at radius 2 is 1.89 bits per heavy atom. The lowest BCUT2D eigenvalue weighted by Gasteiger charge is -2.12. The molecule has 0 unspecified atom stereocenters. The molecule has 3 aromatic carbocycles. The topological polar surface area (TPSA) is 108 Å². The number of hydrogen-bond acceptors (Lipinski definition) is 6. The molecular formula is C20H16N2O6. The van der Waals surface area contributed by atoms with E-state index in [0.717, 1.165) is 10.8 Å². The van der Waals surface area contributed by atoms with E-state index in [-0.39, 0.29) is 29.5 Å². The van der Waals surface area contributed by atoms with Crippen LogP contribution in [0.15, 0.2) is 54.6 Å². The largest absolute Gasteiger partial charge is 0.495 e. The predicted octanol–water partition coefficient (Wildman–Crippen LogP) is 3.59. The number of nitrogens with one attached hydrogen (secondary N) is 1. The summed E-state index contributed by atoms with van der Waals surface area (Å²) in [6.07, 6.45) is 0.680. The molecule has 3 aromatic rings. The van der Waals surface area contributed by atoms with Gasteiger partial charge in [0.1, 0.15) is 11.5 Å². The van der Waals surface area contributed by atoms with E-state index in [1.807, 2.05) is 12.1 Å². The number of benzene rings is 3. The molecule has 0 heterocycles. The van der Waals surface area contributed by atoms with Gasteiger partial charge in [-0.2, -0.15) is 0 Å². The number of nitrogens with zero attached hydrogens (tertiary/aromatic N) is 1. The van der Waals surface area contributed by atoms with Gasteiger partial charge in [0.25, 0.3) is 11.6 Å². The standard InChI is InChI=1S/C20H16N2O6/c1-27-19-9-7-14(22(25)26)10-17(19)21-20(24)12-28-18-8-6-13-4-2-3-5-15(13)16(18)11-23/h2-11H,12H2,1H3,(H,21,24). The first-order valence-electron chi connectivity index (χ1n) is 8.25. The number of anilines is 1. The molecule has 8 nitrogen and oxygen atoms in total.